The van der Waals surface area contributed by atoms with Crippen LogP contribution in [-0.2, 0) is 25.6 Å². The zero-order valence-electron chi connectivity index (χ0n) is 9.77. The van der Waals surface area contributed by atoms with Gasteiger partial charge in [-0.15, -0.1) is 0 Å². The van der Waals surface area contributed by atoms with Crippen LogP contribution in [0, 0.1) is 0 Å². The van der Waals surface area contributed by atoms with Gasteiger partial charge in [0, 0.05) is 13.7 Å². The molecule has 0 heterocycles. The van der Waals surface area contributed by atoms with Gasteiger partial charge < -0.3 is 14.2 Å². The van der Waals surface area contributed by atoms with Crippen LogP contribution >= 0.6 is 6.64 Å². The van der Waals surface area contributed by atoms with E-state index in [9.17, 15) is 4.79 Å². The molecule has 0 saturated heterocycles. The van der Waals surface area contributed by atoms with E-state index in [1.54, 1.807) is 0 Å². The van der Waals surface area contributed by atoms with Crippen molar-refractivity contribution in [3.8, 4) is 0 Å². The first-order valence-electron chi connectivity index (χ1n) is 5.31. The van der Waals surface area contributed by atoms with Gasteiger partial charge in [0.1, 0.15) is 0 Å². The van der Waals surface area contributed by atoms with Crippen LogP contribution in [0.2, 0.25) is 0 Å². The topological polar surface area (TPSA) is 67.8 Å². The second-order valence-electron chi connectivity index (χ2n) is 3.27. The highest BCUT2D eigenvalue weighted by atomic mass is 32.5. The van der Waals surface area contributed by atoms with Crippen LogP contribution in [0.4, 0.5) is 0 Å². The number of hydrogen-bond donors (Lipinski definition) is 2. The smallest absolute Gasteiger partial charge is 0.304 e. The van der Waals surface area contributed by atoms with E-state index in [1.165, 1.54) is 7.11 Å². The predicted molar refractivity (Wildman–Crippen MR) is 67.0 cm³/mol. The average Bonchev–Trinajstić information content (AvgIpc) is 2.24. The van der Waals surface area contributed by atoms with Crippen molar-refractivity contribution >= 4 is 24.4 Å². The van der Waals surface area contributed by atoms with Crippen LogP contribution in [0.1, 0.15) is 32.6 Å². The fraction of sp³-hybridized carbons (Fsp3) is 0.889. The van der Waals surface area contributed by atoms with E-state index in [0.29, 0.717) is 6.61 Å². The van der Waals surface area contributed by atoms with Crippen molar-refractivity contribution in [1.82, 2.24) is 5.09 Å². The van der Waals surface area contributed by atoms with Crippen LogP contribution < -0.4 is 5.09 Å². The third-order valence-corrected chi connectivity index (χ3v) is 4.66. The van der Waals surface area contributed by atoms with Crippen molar-refractivity contribution in [1.29, 1.82) is 0 Å². The third-order valence-electron chi connectivity index (χ3n) is 1.89. The molecule has 0 rings (SSSR count). The fourth-order valence-corrected chi connectivity index (χ4v) is 2.58. The van der Waals surface area contributed by atoms with Gasteiger partial charge in [0.05, 0.1) is 13.0 Å². The number of carbonyl (C=O) groups is 1. The maximum absolute atomic E-state index is 10.3. The van der Waals surface area contributed by atoms with Gasteiger partial charge in [-0.05, 0) is 18.2 Å². The number of carboxylic acid groups (broad SMARTS) is 1. The molecule has 0 aliphatic carbocycles. The van der Waals surface area contributed by atoms with Crippen LogP contribution in [-0.4, -0.2) is 31.3 Å². The molecule has 0 aromatic heterocycles. The Balaban J connectivity index is 3.82. The van der Waals surface area contributed by atoms with Gasteiger partial charge in [-0.2, -0.15) is 0 Å². The average molecular weight is 269 g/mol. The van der Waals surface area contributed by atoms with Crippen molar-refractivity contribution in [3.63, 3.8) is 0 Å². The van der Waals surface area contributed by atoms with E-state index in [4.69, 9.17) is 26.0 Å². The lowest BCUT2D eigenvalue weighted by Crippen LogP contribution is -2.18. The summed E-state index contributed by atoms with van der Waals surface area (Å²) in [5.41, 5.74) is 0. The van der Waals surface area contributed by atoms with Gasteiger partial charge in [0.15, 0.2) is 0 Å². The van der Waals surface area contributed by atoms with E-state index in [-0.39, 0.29) is 13.0 Å². The molecule has 0 aromatic rings. The Morgan fingerprint density at radius 2 is 2.19 bits per heavy atom. The summed E-state index contributed by atoms with van der Waals surface area (Å²) < 4.78 is 10.6. The van der Waals surface area contributed by atoms with Crippen molar-refractivity contribution in [2.45, 2.75) is 32.6 Å². The molecule has 0 aliphatic rings. The molecule has 0 spiro atoms. The molecule has 0 radical (unpaired) electrons. The molecule has 0 saturated carbocycles. The molecular weight excluding hydrogens is 249 g/mol. The normalized spacial score (nSPS) is 14.6. The second kappa shape index (κ2) is 9.07. The molecule has 1 atom stereocenters. The zero-order chi connectivity index (χ0) is 12.4. The Morgan fingerprint density at radius 1 is 1.50 bits per heavy atom. The molecule has 1 unspecified atom stereocenters. The van der Waals surface area contributed by atoms with Gasteiger partial charge in [0.25, 0.3) is 6.64 Å². The van der Waals surface area contributed by atoms with E-state index in [2.05, 4.69) is 12.0 Å². The number of unbranched alkanes of at least 4 members (excludes halogenated alkanes) is 2. The molecule has 16 heavy (non-hydrogen) atoms. The number of nitrogens with one attached hydrogen (secondary N) is 1. The van der Waals surface area contributed by atoms with Gasteiger partial charge in [-0.1, -0.05) is 19.8 Å². The molecule has 0 aromatic carbocycles. The minimum Gasteiger partial charge on any atom is -0.481 e. The summed E-state index contributed by atoms with van der Waals surface area (Å²) in [4.78, 5) is 10.3. The molecular formula is C9H20NO4PS. The highest BCUT2D eigenvalue weighted by Crippen LogP contribution is 2.42. The highest BCUT2D eigenvalue weighted by molar-refractivity contribution is 8.08. The lowest BCUT2D eigenvalue weighted by Gasteiger charge is -2.20. The SMILES string of the molecule is CCCCCOP(=S)(NCCC(=O)O)OC. The van der Waals surface area contributed by atoms with E-state index < -0.39 is 12.6 Å². The van der Waals surface area contributed by atoms with Crippen LogP contribution in [0.3, 0.4) is 0 Å². The minimum absolute atomic E-state index is 0.0140. The van der Waals surface area contributed by atoms with Crippen molar-refractivity contribution < 1.29 is 18.9 Å². The number of carboxylic acids is 1. The van der Waals surface area contributed by atoms with Crippen molar-refractivity contribution in [2.24, 2.45) is 0 Å². The zero-order valence-corrected chi connectivity index (χ0v) is 11.5. The maximum atomic E-state index is 10.3. The monoisotopic (exact) mass is 269 g/mol. The summed E-state index contributed by atoms with van der Waals surface area (Å²) in [7, 11) is 1.48. The highest BCUT2D eigenvalue weighted by Gasteiger charge is 2.16. The molecule has 0 amide bonds. The number of rotatable bonds is 10. The Bertz CT molecular complexity index is 250. The first-order valence-corrected chi connectivity index (χ1v) is 7.95. The van der Waals surface area contributed by atoms with Gasteiger partial charge in [-0.3, -0.25) is 4.79 Å². The molecule has 2 N–H and O–H groups in total. The standard InChI is InChI=1S/C9H20NO4PS/c1-3-4-5-8-14-15(16,13-2)10-7-6-9(11)12/h3-8H2,1-2H3,(H,10,16)(H,11,12). The second-order valence-corrected chi connectivity index (χ2v) is 6.65. The van der Waals surface area contributed by atoms with E-state index >= 15 is 0 Å². The molecule has 0 fully saturated rings. The van der Waals surface area contributed by atoms with E-state index in [1.807, 2.05) is 0 Å². The Kier molecular flexibility index (Phi) is 9.07. The van der Waals surface area contributed by atoms with E-state index in [0.717, 1.165) is 19.3 Å². The summed E-state index contributed by atoms with van der Waals surface area (Å²) in [5.74, 6) is -0.865. The fourth-order valence-electron chi connectivity index (χ4n) is 0.999. The van der Waals surface area contributed by atoms with Crippen molar-refractivity contribution in [3.05, 3.63) is 0 Å². The number of aliphatic carboxylic acids is 1. The van der Waals surface area contributed by atoms with Crippen LogP contribution in [0.5, 0.6) is 0 Å². The Labute approximate surface area is 102 Å². The summed E-state index contributed by atoms with van der Waals surface area (Å²) in [6.07, 6.45) is 3.17. The molecule has 5 nitrogen and oxygen atoms in total. The molecule has 96 valence electrons. The predicted octanol–water partition coefficient (Wildman–Crippen LogP) is 2.13. The van der Waals surface area contributed by atoms with Crippen LogP contribution in [0.25, 0.3) is 0 Å². The Morgan fingerprint density at radius 3 is 2.69 bits per heavy atom. The molecule has 0 bridgehead atoms. The lowest BCUT2D eigenvalue weighted by atomic mass is 10.3. The molecule has 0 aliphatic heterocycles. The van der Waals surface area contributed by atoms with Gasteiger partial charge in [0.2, 0.25) is 0 Å². The maximum Gasteiger partial charge on any atom is 0.304 e. The summed E-state index contributed by atoms with van der Waals surface area (Å²) in [5, 5.41) is 11.3. The van der Waals surface area contributed by atoms with Crippen molar-refractivity contribution in [2.75, 3.05) is 20.3 Å². The summed E-state index contributed by atoms with van der Waals surface area (Å²) in [6, 6.07) is 0. The molecule has 7 heteroatoms. The Hall–Kier alpha value is -0.0000000000000000763. The van der Waals surface area contributed by atoms with Gasteiger partial charge >= 0.3 is 5.97 Å². The lowest BCUT2D eigenvalue weighted by molar-refractivity contribution is -0.136. The summed E-state index contributed by atoms with van der Waals surface area (Å²) >= 11 is 5.17. The first kappa shape index (κ1) is 16.0. The largest absolute Gasteiger partial charge is 0.481 e. The number of hydrogen-bond acceptors (Lipinski definition) is 4. The van der Waals surface area contributed by atoms with Crippen LogP contribution in [0.15, 0.2) is 0 Å². The third kappa shape index (κ3) is 8.19. The summed E-state index contributed by atoms with van der Waals surface area (Å²) in [6.45, 7) is 0.459. The van der Waals surface area contributed by atoms with Gasteiger partial charge in [-0.25, -0.2) is 5.09 Å². The minimum atomic E-state index is -2.48. The quantitative estimate of drug-likeness (QED) is 0.468. The first-order chi connectivity index (χ1) is 7.54.